The second-order valence-corrected chi connectivity index (χ2v) is 5.77. The van der Waals surface area contributed by atoms with E-state index < -0.39 is 0 Å². The van der Waals surface area contributed by atoms with Crippen molar-refractivity contribution in [2.45, 2.75) is 52.7 Å². The number of nitrogens with one attached hydrogen (secondary N) is 1. The lowest BCUT2D eigenvalue weighted by atomic mass is 9.99. The lowest BCUT2D eigenvalue weighted by Crippen LogP contribution is -2.27. The van der Waals surface area contributed by atoms with Crippen LogP contribution in [-0.2, 0) is 6.54 Å². The van der Waals surface area contributed by atoms with Gasteiger partial charge in [0.1, 0.15) is 0 Å². The maximum atomic E-state index is 9.79. The summed E-state index contributed by atoms with van der Waals surface area (Å²) in [5.74, 6) is 0.455. The summed E-state index contributed by atoms with van der Waals surface area (Å²) in [6.45, 7) is 8.37. The lowest BCUT2D eigenvalue weighted by molar-refractivity contribution is 0.131. The van der Waals surface area contributed by atoms with Crippen LogP contribution in [-0.4, -0.2) is 17.8 Å². The Kier molecular flexibility index (Phi) is 4.41. The van der Waals surface area contributed by atoms with Gasteiger partial charge in [-0.05, 0) is 56.2 Å². The van der Waals surface area contributed by atoms with Gasteiger partial charge in [-0.15, -0.1) is 0 Å². The molecule has 0 saturated heterocycles. The van der Waals surface area contributed by atoms with Crippen LogP contribution in [0, 0.1) is 26.7 Å². The highest BCUT2D eigenvalue weighted by molar-refractivity contribution is 5.37. The van der Waals surface area contributed by atoms with Crippen molar-refractivity contribution >= 4 is 0 Å². The van der Waals surface area contributed by atoms with Crippen molar-refractivity contribution in [3.63, 3.8) is 0 Å². The van der Waals surface area contributed by atoms with Gasteiger partial charge in [0.15, 0.2) is 0 Å². The number of aryl methyl sites for hydroxylation is 3. The molecule has 1 saturated carbocycles. The van der Waals surface area contributed by atoms with E-state index in [1.165, 1.54) is 35.1 Å². The summed E-state index contributed by atoms with van der Waals surface area (Å²) in [7, 11) is 0. The number of hydrogen-bond donors (Lipinski definition) is 2. The molecule has 1 aromatic carbocycles. The fourth-order valence-electron chi connectivity index (χ4n) is 3.13. The van der Waals surface area contributed by atoms with E-state index in [0.29, 0.717) is 5.92 Å². The summed E-state index contributed by atoms with van der Waals surface area (Å²) in [5.41, 5.74) is 5.48. The number of benzene rings is 1. The van der Waals surface area contributed by atoms with Crippen LogP contribution in [0.5, 0.6) is 0 Å². The minimum atomic E-state index is -0.0855. The van der Waals surface area contributed by atoms with Gasteiger partial charge in [-0.3, -0.25) is 0 Å². The average molecular weight is 247 g/mol. The molecule has 0 amide bonds. The van der Waals surface area contributed by atoms with Gasteiger partial charge in [0.05, 0.1) is 6.10 Å². The van der Waals surface area contributed by atoms with E-state index in [-0.39, 0.29) is 6.10 Å². The third-order valence-electron chi connectivity index (χ3n) is 4.17. The molecule has 1 fully saturated rings. The van der Waals surface area contributed by atoms with Gasteiger partial charge in [-0.1, -0.05) is 24.1 Å². The number of aliphatic hydroxyl groups excluding tert-OH is 1. The van der Waals surface area contributed by atoms with Crippen molar-refractivity contribution in [3.8, 4) is 0 Å². The highest BCUT2D eigenvalue weighted by Gasteiger charge is 2.24. The van der Waals surface area contributed by atoms with Crippen LogP contribution in [0.25, 0.3) is 0 Å². The van der Waals surface area contributed by atoms with Gasteiger partial charge in [0.2, 0.25) is 0 Å². The Morgan fingerprint density at radius 2 is 1.83 bits per heavy atom. The maximum Gasteiger partial charge on any atom is 0.0580 e. The first-order valence-corrected chi connectivity index (χ1v) is 7.03. The highest BCUT2D eigenvalue weighted by Crippen LogP contribution is 2.25. The van der Waals surface area contributed by atoms with Gasteiger partial charge in [0.25, 0.3) is 0 Å². The molecule has 18 heavy (non-hydrogen) atoms. The number of hydrogen-bond acceptors (Lipinski definition) is 2. The van der Waals surface area contributed by atoms with Gasteiger partial charge >= 0.3 is 0 Å². The third kappa shape index (κ3) is 3.12. The van der Waals surface area contributed by atoms with Crippen molar-refractivity contribution in [2.75, 3.05) is 6.54 Å². The van der Waals surface area contributed by atoms with Crippen molar-refractivity contribution in [1.29, 1.82) is 0 Å². The normalized spacial score (nSPS) is 23.6. The molecule has 1 aromatic rings. The first kappa shape index (κ1) is 13.6. The van der Waals surface area contributed by atoms with Gasteiger partial charge in [-0.25, -0.2) is 0 Å². The van der Waals surface area contributed by atoms with E-state index in [0.717, 1.165) is 19.5 Å². The fraction of sp³-hybridized carbons (Fsp3) is 0.625. The molecule has 2 heteroatoms. The van der Waals surface area contributed by atoms with Crippen LogP contribution in [0.4, 0.5) is 0 Å². The molecule has 0 aliphatic heterocycles. The van der Waals surface area contributed by atoms with Gasteiger partial charge < -0.3 is 10.4 Å². The third-order valence-corrected chi connectivity index (χ3v) is 4.17. The summed E-state index contributed by atoms with van der Waals surface area (Å²) in [6.07, 6.45) is 3.24. The average Bonchev–Trinajstić information content (AvgIpc) is 2.68. The molecule has 0 aromatic heterocycles. The van der Waals surface area contributed by atoms with E-state index in [2.05, 4.69) is 38.2 Å². The Hall–Kier alpha value is -0.860. The van der Waals surface area contributed by atoms with Crippen LogP contribution in [0.2, 0.25) is 0 Å². The zero-order chi connectivity index (χ0) is 13.1. The van der Waals surface area contributed by atoms with Gasteiger partial charge in [0, 0.05) is 13.1 Å². The summed E-state index contributed by atoms with van der Waals surface area (Å²) >= 11 is 0. The molecule has 2 nitrogen and oxygen atoms in total. The molecule has 100 valence electrons. The second-order valence-electron chi connectivity index (χ2n) is 5.77. The van der Waals surface area contributed by atoms with Crippen molar-refractivity contribution in [2.24, 2.45) is 5.92 Å². The molecule has 0 spiro atoms. The van der Waals surface area contributed by atoms with Crippen molar-refractivity contribution in [3.05, 3.63) is 34.4 Å². The van der Waals surface area contributed by atoms with E-state index in [9.17, 15) is 5.11 Å². The molecule has 2 N–H and O–H groups in total. The largest absolute Gasteiger partial charge is 0.393 e. The molecule has 2 rings (SSSR count). The molecule has 1 aliphatic rings. The number of aliphatic hydroxyl groups is 1. The van der Waals surface area contributed by atoms with Crippen LogP contribution >= 0.6 is 0 Å². The van der Waals surface area contributed by atoms with Crippen LogP contribution < -0.4 is 5.32 Å². The lowest BCUT2D eigenvalue weighted by Gasteiger charge is -2.17. The Morgan fingerprint density at radius 3 is 2.39 bits per heavy atom. The first-order valence-electron chi connectivity index (χ1n) is 7.03. The topological polar surface area (TPSA) is 32.3 Å². The number of rotatable bonds is 4. The quantitative estimate of drug-likeness (QED) is 0.857. The van der Waals surface area contributed by atoms with Gasteiger partial charge in [-0.2, -0.15) is 0 Å². The summed E-state index contributed by atoms with van der Waals surface area (Å²) in [5, 5.41) is 13.3. The molecule has 2 atom stereocenters. The van der Waals surface area contributed by atoms with E-state index in [1.807, 2.05) is 0 Å². The molecule has 0 heterocycles. The Balaban J connectivity index is 1.90. The van der Waals surface area contributed by atoms with Crippen molar-refractivity contribution in [1.82, 2.24) is 5.32 Å². The van der Waals surface area contributed by atoms with Crippen LogP contribution in [0.15, 0.2) is 12.1 Å². The standard InChI is InChI=1S/C16H25NO/c1-11-7-12(2)15(13(3)8-11)10-17-9-14-5-4-6-16(14)18/h7-8,14,16-18H,4-6,9-10H2,1-3H3. The van der Waals surface area contributed by atoms with Crippen LogP contribution in [0.3, 0.4) is 0 Å². The molecule has 0 radical (unpaired) electrons. The maximum absolute atomic E-state index is 9.79. The van der Waals surface area contributed by atoms with E-state index in [1.54, 1.807) is 0 Å². The van der Waals surface area contributed by atoms with Crippen LogP contribution in [0.1, 0.15) is 41.5 Å². The highest BCUT2D eigenvalue weighted by atomic mass is 16.3. The summed E-state index contributed by atoms with van der Waals surface area (Å²) in [6, 6.07) is 4.49. The van der Waals surface area contributed by atoms with E-state index in [4.69, 9.17) is 0 Å². The Labute approximate surface area is 110 Å². The molecular weight excluding hydrogens is 222 g/mol. The first-order chi connectivity index (χ1) is 8.58. The monoisotopic (exact) mass is 247 g/mol. The summed E-state index contributed by atoms with van der Waals surface area (Å²) < 4.78 is 0. The fourth-order valence-corrected chi connectivity index (χ4v) is 3.13. The zero-order valence-electron chi connectivity index (χ0n) is 11.8. The minimum absolute atomic E-state index is 0.0855. The molecule has 0 bridgehead atoms. The Bertz CT molecular complexity index is 391. The smallest absolute Gasteiger partial charge is 0.0580 e. The van der Waals surface area contributed by atoms with Crippen molar-refractivity contribution < 1.29 is 5.11 Å². The zero-order valence-corrected chi connectivity index (χ0v) is 11.8. The SMILES string of the molecule is Cc1cc(C)c(CNCC2CCCC2O)c(C)c1. The summed E-state index contributed by atoms with van der Waals surface area (Å²) in [4.78, 5) is 0. The molecular formula is C16H25NO. The second kappa shape index (κ2) is 5.85. The molecule has 1 aliphatic carbocycles. The van der Waals surface area contributed by atoms with E-state index >= 15 is 0 Å². The predicted octanol–water partition coefficient (Wildman–Crippen LogP) is 2.86. The molecule has 2 unspecified atom stereocenters. The minimum Gasteiger partial charge on any atom is -0.393 e. The Morgan fingerprint density at radius 1 is 1.17 bits per heavy atom. The predicted molar refractivity (Wildman–Crippen MR) is 75.7 cm³/mol.